The van der Waals surface area contributed by atoms with Gasteiger partial charge in [0, 0.05) is 5.75 Å². The zero-order valence-electron chi connectivity index (χ0n) is 15.2. The Labute approximate surface area is 162 Å². The molecule has 0 heterocycles. The third kappa shape index (κ3) is 10.4. The van der Waals surface area contributed by atoms with Crippen molar-refractivity contribution in [2.75, 3.05) is 12.3 Å². The predicted molar refractivity (Wildman–Crippen MR) is 99.6 cm³/mol. The van der Waals surface area contributed by atoms with Crippen molar-refractivity contribution in [3.05, 3.63) is 0 Å². The molecule has 0 spiro atoms. The van der Waals surface area contributed by atoms with Crippen LogP contribution in [0.15, 0.2) is 0 Å². The van der Waals surface area contributed by atoms with Crippen molar-refractivity contribution in [2.24, 2.45) is 17.4 Å². The quantitative estimate of drug-likeness (QED) is 0.172. The number of thiol groups is 1. The molecular weight excluding hydrogens is 378 g/mol. The third-order valence-electron chi connectivity index (χ3n) is 3.34. The summed E-state index contributed by atoms with van der Waals surface area (Å²) in [7, 11) is 0. The van der Waals surface area contributed by atoms with E-state index in [0.29, 0.717) is 6.42 Å². The summed E-state index contributed by atoms with van der Waals surface area (Å²) in [5.41, 5.74) is 10.5. The van der Waals surface area contributed by atoms with Gasteiger partial charge in [0.2, 0.25) is 23.6 Å². The Bertz CT molecular complexity index is 571. The SMILES string of the molecule is CC(C)CC(NC(=O)C(N)CS)C(=O)NCC(=O)NC(CC(N)=O)C(=O)O. The maximum Gasteiger partial charge on any atom is 0.326 e. The summed E-state index contributed by atoms with van der Waals surface area (Å²) in [6.07, 6.45) is -0.277. The van der Waals surface area contributed by atoms with Gasteiger partial charge in [0.05, 0.1) is 19.0 Å². The minimum Gasteiger partial charge on any atom is -0.480 e. The number of carbonyl (C=O) groups is 5. The first-order chi connectivity index (χ1) is 12.5. The monoisotopic (exact) mass is 405 g/mol. The number of carbonyl (C=O) groups excluding carboxylic acids is 4. The van der Waals surface area contributed by atoms with E-state index in [2.05, 4.69) is 28.6 Å². The van der Waals surface area contributed by atoms with Crippen molar-refractivity contribution in [3.63, 3.8) is 0 Å². The first-order valence-electron chi connectivity index (χ1n) is 8.22. The topological polar surface area (TPSA) is 194 Å². The van der Waals surface area contributed by atoms with Crippen molar-refractivity contribution in [2.45, 2.75) is 44.8 Å². The number of primary amides is 1. The van der Waals surface area contributed by atoms with Crippen LogP contribution in [0.3, 0.4) is 0 Å². The number of nitrogens with two attached hydrogens (primary N) is 2. The molecule has 3 unspecified atom stereocenters. The van der Waals surface area contributed by atoms with Crippen LogP contribution < -0.4 is 27.4 Å². The average Bonchev–Trinajstić information content (AvgIpc) is 2.56. The number of nitrogens with one attached hydrogen (secondary N) is 3. The maximum atomic E-state index is 12.3. The molecule has 0 aliphatic heterocycles. The molecule has 0 saturated heterocycles. The number of rotatable bonds is 12. The summed E-state index contributed by atoms with van der Waals surface area (Å²) < 4.78 is 0. The van der Waals surface area contributed by atoms with Gasteiger partial charge in [-0.05, 0) is 12.3 Å². The van der Waals surface area contributed by atoms with E-state index in [-0.39, 0.29) is 11.7 Å². The minimum absolute atomic E-state index is 0.0639. The molecule has 0 aliphatic carbocycles. The number of carboxylic acids is 1. The zero-order chi connectivity index (χ0) is 21.1. The first-order valence-corrected chi connectivity index (χ1v) is 8.86. The van der Waals surface area contributed by atoms with Crippen molar-refractivity contribution < 1.29 is 29.1 Å². The molecule has 0 aromatic heterocycles. The molecule has 0 bridgehead atoms. The fourth-order valence-corrected chi connectivity index (χ4v) is 2.17. The van der Waals surface area contributed by atoms with Crippen LogP contribution in [0.5, 0.6) is 0 Å². The van der Waals surface area contributed by atoms with Crippen molar-refractivity contribution in [3.8, 4) is 0 Å². The Hall–Kier alpha value is -2.34. The van der Waals surface area contributed by atoms with Gasteiger partial charge >= 0.3 is 5.97 Å². The molecule has 8 N–H and O–H groups in total. The van der Waals surface area contributed by atoms with Gasteiger partial charge in [-0.3, -0.25) is 19.2 Å². The highest BCUT2D eigenvalue weighted by molar-refractivity contribution is 7.80. The molecule has 0 rings (SSSR count). The molecule has 27 heavy (non-hydrogen) atoms. The largest absolute Gasteiger partial charge is 0.480 e. The fourth-order valence-electron chi connectivity index (χ4n) is 2.00. The Morgan fingerprint density at radius 1 is 1.04 bits per heavy atom. The number of aliphatic carboxylic acids is 1. The van der Waals surface area contributed by atoms with Gasteiger partial charge in [-0.1, -0.05) is 13.8 Å². The Balaban J connectivity index is 4.78. The fraction of sp³-hybridized carbons (Fsp3) is 0.667. The Morgan fingerprint density at radius 3 is 2.07 bits per heavy atom. The normalized spacial score (nSPS) is 14.0. The second kappa shape index (κ2) is 12.1. The summed E-state index contributed by atoms with van der Waals surface area (Å²) in [5, 5.41) is 15.8. The zero-order valence-corrected chi connectivity index (χ0v) is 16.1. The van der Waals surface area contributed by atoms with Gasteiger partial charge < -0.3 is 32.5 Å². The van der Waals surface area contributed by atoms with Crippen molar-refractivity contribution in [1.82, 2.24) is 16.0 Å². The molecule has 0 aliphatic rings. The molecular formula is C15H27N5O6S. The lowest BCUT2D eigenvalue weighted by molar-refractivity contribution is -0.143. The summed E-state index contributed by atoms with van der Waals surface area (Å²) in [6, 6.07) is -3.30. The maximum absolute atomic E-state index is 12.3. The molecule has 12 heteroatoms. The lowest BCUT2D eigenvalue weighted by atomic mass is 10.0. The standard InChI is InChI=1S/C15H27N5O6S/c1-7(2)3-9(20-13(23)8(16)6-27)14(24)18-5-12(22)19-10(15(25)26)4-11(17)21/h7-10,27H,3-6,16H2,1-2H3,(H2,17,21)(H,18,24)(H,19,22)(H,20,23)(H,25,26). The highest BCUT2D eigenvalue weighted by Gasteiger charge is 2.26. The van der Waals surface area contributed by atoms with E-state index in [4.69, 9.17) is 16.6 Å². The van der Waals surface area contributed by atoms with Crippen LogP contribution in [0.2, 0.25) is 0 Å². The van der Waals surface area contributed by atoms with Crippen molar-refractivity contribution >= 4 is 42.2 Å². The highest BCUT2D eigenvalue weighted by atomic mass is 32.1. The van der Waals surface area contributed by atoms with Crippen LogP contribution in [-0.2, 0) is 24.0 Å². The summed E-state index contributed by atoms with van der Waals surface area (Å²) in [6.45, 7) is 3.16. The van der Waals surface area contributed by atoms with Gasteiger partial charge in [0.15, 0.2) is 0 Å². The highest BCUT2D eigenvalue weighted by Crippen LogP contribution is 2.05. The van der Waals surface area contributed by atoms with Crippen LogP contribution in [0.1, 0.15) is 26.7 Å². The second-order valence-electron chi connectivity index (χ2n) is 6.33. The van der Waals surface area contributed by atoms with E-state index in [0.717, 1.165) is 0 Å². The van der Waals surface area contributed by atoms with Gasteiger partial charge in [0.1, 0.15) is 12.1 Å². The number of hydrogen-bond donors (Lipinski definition) is 7. The molecule has 0 fully saturated rings. The van der Waals surface area contributed by atoms with Crippen LogP contribution >= 0.6 is 12.6 Å². The number of carboxylic acid groups (broad SMARTS) is 1. The lowest BCUT2D eigenvalue weighted by Gasteiger charge is -2.22. The number of amides is 4. The molecule has 4 amide bonds. The van der Waals surface area contributed by atoms with E-state index < -0.39 is 60.7 Å². The third-order valence-corrected chi connectivity index (χ3v) is 3.73. The van der Waals surface area contributed by atoms with Crippen LogP contribution in [0.25, 0.3) is 0 Å². The minimum atomic E-state index is -1.49. The van der Waals surface area contributed by atoms with Gasteiger partial charge in [-0.15, -0.1) is 0 Å². The predicted octanol–water partition coefficient (Wildman–Crippen LogP) is -2.66. The molecule has 0 radical (unpaired) electrons. The Morgan fingerprint density at radius 2 is 1.63 bits per heavy atom. The molecule has 0 aromatic rings. The van der Waals surface area contributed by atoms with Crippen LogP contribution in [0.4, 0.5) is 0 Å². The van der Waals surface area contributed by atoms with Gasteiger partial charge in [0.25, 0.3) is 0 Å². The van der Waals surface area contributed by atoms with Crippen molar-refractivity contribution in [1.29, 1.82) is 0 Å². The molecule has 3 atom stereocenters. The van der Waals surface area contributed by atoms with Crippen LogP contribution in [-0.4, -0.2) is 65.1 Å². The van der Waals surface area contributed by atoms with E-state index in [1.54, 1.807) is 0 Å². The van der Waals surface area contributed by atoms with E-state index in [1.807, 2.05) is 13.8 Å². The second-order valence-corrected chi connectivity index (χ2v) is 6.69. The van der Waals surface area contributed by atoms with E-state index in [1.165, 1.54) is 0 Å². The first kappa shape index (κ1) is 24.7. The Kier molecular flexibility index (Phi) is 11.1. The average molecular weight is 405 g/mol. The summed E-state index contributed by atoms with van der Waals surface area (Å²) in [5.74, 6) is -4.16. The molecule has 0 saturated carbocycles. The summed E-state index contributed by atoms with van der Waals surface area (Å²) in [4.78, 5) is 57.8. The molecule has 11 nitrogen and oxygen atoms in total. The van der Waals surface area contributed by atoms with Gasteiger partial charge in [-0.2, -0.15) is 12.6 Å². The van der Waals surface area contributed by atoms with E-state index >= 15 is 0 Å². The van der Waals surface area contributed by atoms with Crippen LogP contribution in [0, 0.1) is 5.92 Å². The summed E-state index contributed by atoms with van der Waals surface area (Å²) >= 11 is 3.92. The van der Waals surface area contributed by atoms with E-state index in [9.17, 15) is 24.0 Å². The smallest absolute Gasteiger partial charge is 0.326 e. The lowest BCUT2D eigenvalue weighted by Crippen LogP contribution is -2.54. The molecule has 154 valence electrons. The molecule has 0 aromatic carbocycles. The number of hydrogen-bond acceptors (Lipinski definition) is 7. The van der Waals surface area contributed by atoms with Gasteiger partial charge in [-0.25, -0.2) is 4.79 Å².